The lowest BCUT2D eigenvalue weighted by atomic mass is 9.67. The third-order valence-electron chi connectivity index (χ3n) is 9.75. The van der Waals surface area contributed by atoms with Crippen molar-refractivity contribution in [3.8, 4) is 10.8 Å². The van der Waals surface area contributed by atoms with Crippen LogP contribution in [0.1, 0.15) is 85.8 Å². The summed E-state index contributed by atoms with van der Waals surface area (Å²) in [5.41, 5.74) is 4.16. The molecule has 0 bridgehead atoms. The molecule has 0 amide bonds. The predicted octanol–water partition coefficient (Wildman–Crippen LogP) is 4.10. The van der Waals surface area contributed by atoms with Crippen LogP contribution in [-0.4, -0.2) is 73.9 Å². The molecule has 2 saturated heterocycles. The Labute approximate surface area is 284 Å². The first-order chi connectivity index (χ1) is 22.6. The number of carbonyl (C=O) groups excluding carboxylic acids is 4. The van der Waals surface area contributed by atoms with Gasteiger partial charge in [-0.25, -0.2) is 9.97 Å². The Morgan fingerprint density at radius 2 is 1.67 bits per heavy atom. The molecule has 262 valence electrons. The van der Waals surface area contributed by atoms with E-state index in [0.717, 1.165) is 0 Å². The highest BCUT2D eigenvalue weighted by atomic mass is 32.1. The average molecular weight is 687 g/mol. The van der Waals surface area contributed by atoms with Crippen LogP contribution in [0.3, 0.4) is 0 Å². The first-order valence-electron chi connectivity index (χ1n) is 16.2. The number of ether oxygens (including phenoxy) is 3. The molecule has 0 aliphatic carbocycles. The van der Waals surface area contributed by atoms with Crippen molar-refractivity contribution in [3.63, 3.8) is 0 Å². The molecule has 15 heteroatoms. The molecular formula is C33H46N6O8S. The predicted molar refractivity (Wildman–Crippen MR) is 175 cm³/mol. The number of nitrogens with two attached hydrogens (primary N) is 1. The van der Waals surface area contributed by atoms with E-state index in [9.17, 15) is 19.2 Å². The van der Waals surface area contributed by atoms with Gasteiger partial charge in [-0.1, -0.05) is 44.2 Å². The molecule has 2 aromatic heterocycles. The van der Waals surface area contributed by atoms with Crippen LogP contribution in [0.4, 0.5) is 0 Å². The van der Waals surface area contributed by atoms with Crippen molar-refractivity contribution in [3.05, 3.63) is 23.5 Å². The second-order valence-corrected chi connectivity index (χ2v) is 14.4. The Kier molecular flexibility index (Phi) is 11.3. The minimum Gasteiger partial charge on any atom is -0.458 e. The van der Waals surface area contributed by atoms with Crippen LogP contribution in [0.5, 0.6) is 0 Å². The van der Waals surface area contributed by atoms with Crippen molar-refractivity contribution < 1.29 is 38.2 Å². The van der Waals surface area contributed by atoms with Crippen LogP contribution in [0.2, 0.25) is 0 Å². The van der Waals surface area contributed by atoms with Gasteiger partial charge in [0.05, 0.1) is 5.60 Å². The van der Waals surface area contributed by atoms with E-state index in [0.29, 0.717) is 28.7 Å². The van der Waals surface area contributed by atoms with E-state index in [-0.39, 0.29) is 23.8 Å². The van der Waals surface area contributed by atoms with Gasteiger partial charge in [0.25, 0.3) is 0 Å². The zero-order valence-electron chi connectivity index (χ0n) is 29.0. The van der Waals surface area contributed by atoms with Crippen molar-refractivity contribution >= 4 is 40.7 Å². The average Bonchev–Trinajstić information content (AvgIpc) is 3.67. The zero-order chi connectivity index (χ0) is 35.6. The summed E-state index contributed by atoms with van der Waals surface area (Å²) in [4.78, 5) is 68.7. The zero-order valence-corrected chi connectivity index (χ0v) is 29.8. The summed E-state index contributed by atoms with van der Waals surface area (Å²) in [6.45, 7) is 13.7. The van der Waals surface area contributed by atoms with E-state index in [4.69, 9.17) is 24.8 Å². The van der Waals surface area contributed by atoms with Crippen LogP contribution in [0.25, 0.3) is 10.8 Å². The summed E-state index contributed by atoms with van der Waals surface area (Å²) < 4.78 is 17.8. The Morgan fingerprint density at radius 1 is 1.04 bits per heavy atom. The van der Waals surface area contributed by atoms with Gasteiger partial charge in [0.2, 0.25) is 0 Å². The molecule has 2 aliphatic heterocycles. The quantitative estimate of drug-likeness (QED) is 0.144. The fourth-order valence-corrected chi connectivity index (χ4v) is 7.87. The number of oxime groups is 1. The van der Waals surface area contributed by atoms with E-state index in [1.165, 1.54) is 25.4 Å². The number of carbonyl (C=O) groups is 4. The fraction of sp³-hybridized carbons (Fsp3) is 0.667. The molecule has 0 radical (unpaired) electrons. The Hall–Kier alpha value is -3.85. The maximum Gasteiger partial charge on any atom is 0.317 e. The van der Waals surface area contributed by atoms with Gasteiger partial charge >= 0.3 is 11.9 Å². The lowest BCUT2D eigenvalue weighted by Crippen LogP contribution is -2.53. The second-order valence-electron chi connectivity index (χ2n) is 13.4. The maximum absolute atomic E-state index is 14.2. The van der Waals surface area contributed by atoms with E-state index < -0.39 is 70.9 Å². The van der Waals surface area contributed by atoms with Crippen molar-refractivity contribution in [1.82, 2.24) is 20.2 Å². The molecule has 2 aliphatic rings. The Morgan fingerprint density at radius 3 is 2.27 bits per heavy atom. The summed E-state index contributed by atoms with van der Waals surface area (Å²) in [5.74, 6) is -6.74. The molecule has 10 atom stereocenters. The molecule has 2 fully saturated rings. The van der Waals surface area contributed by atoms with E-state index in [2.05, 4.69) is 25.3 Å². The second kappa shape index (κ2) is 14.7. The maximum atomic E-state index is 14.2. The number of cyclic esters (lactones) is 1. The smallest absolute Gasteiger partial charge is 0.317 e. The Bertz CT molecular complexity index is 1540. The number of esters is 2. The van der Waals surface area contributed by atoms with Crippen molar-refractivity contribution in [2.75, 3.05) is 7.11 Å². The van der Waals surface area contributed by atoms with Gasteiger partial charge in [-0.15, -0.1) is 10.2 Å². The summed E-state index contributed by atoms with van der Waals surface area (Å²) in [5, 5.41) is 13.4. The molecule has 0 saturated carbocycles. The summed E-state index contributed by atoms with van der Waals surface area (Å²) in [7, 11) is 1.54. The number of hydrogen-bond acceptors (Lipinski definition) is 14. The largest absolute Gasteiger partial charge is 0.458 e. The molecule has 6 unspecified atom stereocenters. The highest BCUT2D eigenvalue weighted by Crippen LogP contribution is 2.48. The first kappa shape index (κ1) is 37.0. The lowest BCUT2D eigenvalue weighted by molar-refractivity contribution is -0.183. The normalized spacial score (nSPS) is 34.5. The van der Waals surface area contributed by atoms with Crippen molar-refractivity contribution in [2.24, 2.45) is 46.4 Å². The van der Waals surface area contributed by atoms with E-state index in [1.807, 2.05) is 6.92 Å². The molecule has 0 aromatic carbocycles. The molecule has 4 heterocycles. The number of methoxy groups -OCH3 is 1. The van der Waals surface area contributed by atoms with Crippen LogP contribution < -0.4 is 5.73 Å². The molecular weight excluding hydrogens is 640 g/mol. The number of rotatable bonds is 7. The molecule has 4 rings (SSSR count). The lowest BCUT2D eigenvalue weighted by Gasteiger charge is -2.41. The van der Waals surface area contributed by atoms with Gasteiger partial charge in [0.1, 0.15) is 29.5 Å². The van der Waals surface area contributed by atoms with Gasteiger partial charge in [-0.05, 0) is 53.0 Å². The number of fused-ring (bicyclic) bond motifs is 1. The monoisotopic (exact) mass is 686 g/mol. The summed E-state index contributed by atoms with van der Waals surface area (Å²) >= 11 is 1.22. The number of amidine groups is 1. The molecule has 14 nitrogen and oxygen atoms in total. The van der Waals surface area contributed by atoms with Crippen LogP contribution >= 0.6 is 11.3 Å². The summed E-state index contributed by atoms with van der Waals surface area (Å²) in [6, 6.07) is 1.69. The number of ketones is 2. The highest BCUT2D eigenvalue weighted by molar-refractivity contribution is 7.14. The topological polar surface area (TPSA) is 195 Å². The van der Waals surface area contributed by atoms with Gasteiger partial charge < -0.3 is 24.8 Å². The fourth-order valence-electron chi connectivity index (χ4n) is 7.10. The van der Waals surface area contributed by atoms with Gasteiger partial charge in [-0.3, -0.25) is 19.2 Å². The molecule has 2 N–H and O–H groups in total. The van der Waals surface area contributed by atoms with Gasteiger partial charge in [-0.2, -0.15) is 0 Å². The third kappa shape index (κ3) is 7.41. The number of Topliss-reactive ketones (excluding diaryl/α,β-unsaturated/α-hetero) is 2. The standard InChI is InChI=1S/C33H46N6O8S/c1-10-21-33(8)23(18(4)24(40)16(2)14-32(7,44-9)15-17(3)25(41)19(5)30(42)45-21)22(31(43)46-33)26(34)39-47-20(6)28-37-38-29(48-28)27-35-12-11-13-36-27/h11-13,16-23H,10,14-15H2,1-9H3,(H2,34,39)/t16-,17?,18?,19?,20?,21+,22?,23?,32-,33-/m1/s1. The third-order valence-corrected chi connectivity index (χ3v) is 10.8. The van der Waals surface area contributed by atoms with Crippen LogP contribution in [0, 0.1) is 35.5 Å². The van der Waals surface area contributed by atoms with Crippen LogP contribution in [-0.2, 0) is 38.2 Å². The Balaban J connectivity index is 1.70. The number of aromatic nitrogens is 4. The number of hydrogen-bond donors (Lipinski definition) is 1. The first-order valence-corrected chi connectivity index (χ1v) is 17.0. The minimum atomic E-state index is -1.49. The van der Waals surface area contributed by atoms with Crippen molar-refractivity contribution in [1.29, 1.82) is 0 Å². The highest BCUT2D eigenvalue weighted by Gasteiger charge is 2.62. The molecule has 2 aromatic rings. The SMILES string of the molecule is CC[C@@H]1OC(=O)C(C)C(=O)C(C)C[C@](C)(OC)C[C@@H](C)C(=O)C(C)C2C(/C(N)=N/OC(C)c3nnc(-c4ncccn4)s3)C(=O)O[C@@]21C. The summed E-state index contributed by atoms with van der Waals surface area (Å²) in [6.07, 6.45) is 2.36. The van der Waals surface area contributed by atoms with Gasteiger partial charge in [0, 0.05) is 43.2 Å². The van der Waals surface area contributed by atoms with E-state index >= 15 is 0 Å². The molecule has 0 spiro atoms. The van der Waals surface area contributed by atoms with Crippen molar-refractivity contribution in [2.45, 2.75) is 98.1 Å². The molecule has 48 heavy (non-hydrogen) atoms. The van der Waals surface area contributed by atoms with E-state index in [1.54, 1.807) is 60.0 Å². The number of nitrogens with zero attached hydrogens (tertiary/aromatic N) is 5. The van der Waals surface area contributed by atoms with Crippen LogP contribution in [0.15, 0.2) is 23.6 Å². The van der Waals surface area contributed by atoms with Gasteiger partial charge in [0.15, 0.2) is 33.4 Å². The minimum absolute atomic E-state index is 0.157.